The Morgan fingerprint density at radius 3 is 2.52 bits per heavy atom. The fourth-order valence-electron chi connectivity index (χ4n) is 3.11. The van der Waals surface area contributed by atoms with Crippen LogP contribution in [0.1, 0.15) is 29.9 Å². The number of carboxylic acids is 1. The smallest absolute Gasteiger partial charge is 0.548 e. The summed E-state index contributed by atoms with van der Waals surface area (Å²) in [4.78, 5) is 25.3. The van der Waals surface area contributed by atoms with Crippen LogP contribution in [0, 0.1) is 0 Å². The molecule has 29 heavy (non-hydrogen) atoms. The average Bonchev–Trinajstić information content (AvgIpc) is 3.07. The normalized spacial score (nSPS) is 15.2. The van der Waals surface area contributed by atoms with Crippen LogP contribution >= 0.6 is 7.60 Å². The molecular weight excluding hydrogens is 406 g/mol. The van der Waals surface area contributed by atoms with Crippen LogP contribution in [0.25, 0.3) is 10.9 Å². The number of aromatic amines is 1. The first-order valence-electron chi connectivity index (χ1n) is 8.63. The Morgan fingerprint density at radius 2 is 1.86 bits per heavy atom. The number of carboxylic acid groups (broad SMARTS) is 1. The van der Waals surface area contributed by atoms with Gasteiger partial charge >= 0.3 is 37.2 Å². The molecule has 2 unspecified atom stereocenters. The van der Waals surface area contributed by atoms with Crippen LogP contribution in [0.2, 0.25) is 0 Å². The second kappa shape index (κ2) is 9.91. The fourth-order valence-corrected chi connectivity index (χ4v) is 4.54. The standard InChI is InChI=1S/C19H21N2O6P.Na/c1-2-27-28(25,26)18(13-8-4-6-10-16(13)22)21-17(19(23)24)14-11-20-15-9-5-3-7-12(14)15;/h3-11,17-18,20-22H,2H2,1H3,(H,23,24)(H,25,26);/q;+1/p-1/t17-,18?;/m0./s1. The first-order chi connectivity index (χ1) is 13.3. The second-order valence-corrected chi connectivity index (χ2v) is 8.05. The first kappa shape index (κ1) is 23.6. The van der Waals surface area contributed by atoms with E-state index in [0.717, 1.165) is 0 Å². The molecule has 3 aromatic rings. The first-order valence-corrected chi connectivity index (χ1v) is 10.3. The van der Waals surface area contributed by atoms with E-state index in [1.807, 2.05) is 0 Å². The zero-order valence-corrected chi connectivity index (χ0v) is 18.9. The Balaban J connectivity index is 0.00000300. The summed E-state index contributed by atoms with van der Waals surface area (Å²) in [5.41, 5.74) is 1.10. The molecule has 3 rings (SSSR count). The fraction of sp³-hybridized carbons (Fsp3) is 0.211. The van der Waals surface area contributed by atoms with Gasteiger partial charge in [-0.3, -0.25) is 9.88 Å². The number of carbonyl (C=O) groups excluding carboxylic acids is 1. The molecule has 0 saturated heterocycles. The molecule has 1 aromatic heterocycles. The van der Waals surface area contributed by atoms with Gasteiger partial charge < -0.3 is 29.4 Å². The minimum absolute atomic E-state index is 0. The largest absolute Gasteiger partial charge is 1.00 e. The molecule has 0 fully saturated rings. The van der Waals surface area contributed by atoms with E-state index in [0.29, 0.717) is 16.5 Å². The van der Waals surface area contributed by atoms with Crippen LogP contribution in [-0.2, 0) is 13.9 Å². The molecule has 0 aliphatic carbocycles. The van der Waals surface area contributed by atoms with E-state index in [4.69, 9.17) is 4.52 Å². The van der Waals surface area contributed by atoms with E-state index in [-0.39, 0.29) is 47.5 Å². The molecule has 0 radical (unpaired) electrons. The number of hydrogen-bond donors (Lipinski definition) is 4. The average molecular weight is 426 g/mol. The van der Waals surface area contributed by atoms with Crippen molar-refractivity contribution in [1.29, 1.82) is 0 Å². The van der Waals surface area contributed by atoms with Crippen LogP contribution in [0.4, 0.5) is 0 Å². The number of nitrogens with one attached hydrogen (secondary N) is 2. The van der Waals surface area contributed by atoms with Crippen molar-refractivity contribution in [3.63, 3.8) is 0 Å². The number of phenolic OH excluding ortho intramolecular Hbond substituents is 1. The molecule has 0 aliphatic heterocycles. The molecule has 0 saturated carbocycles. The third-order valence-electron chi connectivity index (χ3n) is 4.36. The SMILES string of the molecule is CCOP(=O)(O)C(N[C@H](C(=O)[O-])c1c[nH]c2ccccc12)c1ccccc1O.[Na+]. The van der Waals surface area contributed by atoms with Crippen LogP contribution < -0.4 is 40.0 Å². The minimum atomic E-state index is -4.38. The quantitative estimate of drug-likeness (QED) is 0.273. The maximum Gasteiger partial charge on any atom is 1.00 e. The molecule has 1 heterocycles. The van der Waals surface area contributed by atoms with Crippen molar-refractivity contribution in [3.05, 3.63) is 65.9 Å². The molecule has 0 aliphatic rings. The summed E-state index contributed by atoms with van der Waals surface area (Å²) in [5, 5.41) is 25.4. The van der Waals surface area contributed by atoms with Crippen molar-refractivity contribution in [2.45, 2.75) is 18.7 Å². The minimum Gasteiger partial charge on any atom is -0.548 e. The number of rotatable bonds is 8. The summed E-state index contributed by atoms with van der Waals surface area (Å²) in [6.45, 7) is 1.48. The number of carbonyl (C=O) groups is 1. The van der Waals surface area contributed by atoms with Gasteiger partial charge in [0.1, 0.15) is 11.5 Å². The molecule has 0 amide bonds. The third-order valence-corrected chi connectivity index (χ3v) is 6.07. The molecule has 0 bridgehead atoms. The number of benzene rings is 2. The Labute approximate surface area is 189 Å². The predicted molar refractivity (Wildman–Crippen MR) is 101 cm³/mol. The Hall–Kier alpha value is -1.64. The molecule has 2 aromatic carbocycles. The van der Waals surface area contributed by atoms with Gasteiger partial charge in [-0.15, -0.1) is 0 Å². The van der Waals surface area contributed by atoms with E-state index in [1.54, 1.807) is 43.3 Å². The van der Waals surface area contributed by atoms with E-state index >= 15 is 0 Å². The van der Waals surface area contributed by atoms with Crippen molar-refractivity contribution >= 4 is 24.5 Å². The van der Waals surface area contributed by atoms with Gasteiger partial charge in [0.2, 0.25) is 0 Å². The zero-order valence-electron chi connectivity index (χ0n) is 16.0. The number of aromatic nitrogens is 1. The van der Waals surface area contributed by atoms with E-state index < -0.39 is 25.4 Å². The Kier molecular flexibility index (Phi) is 8.08. The van der Waals surface area contributed by atoms with Gasteiger partial charge in [0.25, 0.3) is 0 Å². The summed E-state index contributed by atoms with van der Waals surface area (Å²) in [6.07, 6.45) is 1.50. The molecule has 0 spiro atoms. The van der Waals surface area contributed by atoms with Gasteiger partial charge in [-0.1, -0.05) is 36.4 Å². The summed E-state index contributed by atoms with van der Waals surface area (Å²) >= 11 is 0. The monoisotopic (exact) mass is 426 g/mol. The molecular formula is C19H20N2NaO6P. The van der Waals surface area contributed by atoms with Crippen LogP contribution in [0.5, 0.6) is 5.75 Å². The van der Waals surface area contributed by atoms with Crippen LogP contribution in [0.3, 0.4) is 0 Å². The third kappa shape index (κ3) is 5.10. The van der Waals surface area contributed by atoms with Gasteiger partial charge in [0.15, 0.2) is 0 Å². The maximum absolute atomic E-state index is 12.8. The van der Waals surface area contributed by atoms with Gasteiger partial charge in [0, 0.05) is 28.2 Å². The predicted octanol–water partition coefficient (Wildman–Crippen LogP) is -0.821. The molecule has 148 valence electrons. The maximum atomic E-state index is 12.8. The van der Waals surface area contributed by atoms with Crippen molar-refractivity contribution < 1.29 is 58.5 Å². The number of fused-ring (bicyclic) bond motifs is 1. The van der Waals surface area contributed by atoms with Crippen molar-refractivity contribution in [1.82, 2.24) is 10.3 Å². The van der Waals surface area contributed by atoms with Crippen molar-refractivity contribution in [3.8, 4) is 5.75 Å². The molecule has 4 N–H and O–H groups in total. The van der Waals surface area contributed by atoms with E-state index in [9.17, 15) is 24.5 Å². The summed E-state index contributed by atoms with van der Waals surface area (Å²) in [6, 6.07) is 11.5. The topological polar surface area (TPSA) is 135 Å². The van der Waals surface area contributed by atoms with Gasteiger partial charge in [-0.2, -0.15) is 0 Å². The van der Waals surface area contributed by atoms with Crippen molar-refractivity contribution in [2.75, 3.05) is 6.61 Å². The van der Waals surface area contributed by atoms with Gasteiger partial charge in [-0.25, -0.2) is 0 Å². The summed E-state index contributed by atoms with van der Waals surface area (Å²) < 4.78 is 17.8. The summed E-state index contributed by atoms with van der Waals surface area (Å²) in [5.74, 6) is -3.23. The molecule has 10 heteroatoms. The number of phenols is 1. The van der Waals surface area contributed by atoms with Crippen molar-refractivity contribution in [2.24, 2.45) is 0 Å². The second-order valence-electron chi connectivity index (χ2n) is 6.15. The Morgan fingerprint density at radius 1 is 1.21 bits per heavy atom. The van der Waals surface area contributed by atoms with Crippen LogP contribution in [0.15, 0.2) is 54.7 Å². The number of para-hydroxylation sites is 2. The molecule has 8 nitrogen and oxygen atoms in total. The van der Waals surface area contributed by atoms with Gasteiger partial charge in [0.05, 0.1) is 18.6 Å². The van der Waals surface area contributed by atoms with Gasteiger partial charge in [-0.05, 0) is 19.1 Å². The van der Waals surface area contributed by atoms with E-state index in [2.05, 4.69) is 10.3 Å². The molecule has 3 atom stereocenters. The summed E-state index contributed by atoms with van der Waals surface area (Å²) in [7, 11) is -4.38. The zero-order chi connectivity index (χ0) is 20.3. The number of aliphatic carboxylic acids is 1. The van der Waals surface area contributed by atoms with E-state index in [1.165, 1.54) is 18.3 Å². The number of H-pyrrole nitrogens is 1. The Bertz CT molecular complexity index is 1040. The number of aromatic hydroxyl groups is 1. The van der Waals surface area contributed by atoms with Crippen LogP contribution in [-0.4, -0.2) is 27.6 Å². The number of hydrogen-bond acceptors (Lipinski definition) is 6.